The highest BCUT2D eigenvalue weighted by Crippen LogP contribution is 2.21. The largest absolute Gasteiger partial charge is 0.394 e. The van der Waals surface area contributed by atoms with Crippen LogP contribution in [0.25, 0.3) is 0 Å². The van der Waals surface area contributed by atoms with Crippen LogP contribution in [0.4, 0.5) is 0 Å². The van der Waals surface area contributed by atoms with Crippen molar-refractivity contribution in [3.05, 3.63) is 35.9 Å². The van der Waals surface area contributed by atoms with E-state index in [1.807, 2.05) is 18.2 Å². The zero-order valence-corrected chi connectivity index (χ0v) is 15.7. The van der Waals surface area contributed by atoms with Crippen molar-refractivity contribution in [1.29, 1.82) is 0 Å². The van der Waals surface area contributed by atoms with Crippen molar-refractivity contribution in [1.82, 2.24) is 10.2 Å². The van der Waals surface area contributed by atoms with Gasteiger partial charge in [-0.05, 0) is 17.4 Å². The van der Waals surface area contributed by atoms with Gasteiger partial charge in [0.15, 0.2) is 0 Å². The number of carbonyl (C=O) groups excluding carboxylic acids is 1. The Kier molecular flexibility index (Phi) is 7.41. The van der Waals surface area contributed by atoms with E-state index in [2.05, 4.69) is 43.1 Å². The second kappa shape index (κ2) is 9.32. The van der Waals surface area contributed by atoms with Crippen molar-refractivity contribution in [3.8, 4) is 0 Å². The van der Waals surface area contributed by atoms with Gasteiger partial charge in [0.2, 0.25) is 5.91 Å². The van der Waals surface area contributed by atoms with Crippen molar-refractivity contribution >= 4 is 5.91 Å². The lowest BCUT2D eigenvalue weighted by Gasteiger charge is -2.33. The number of nitrogens with zero attached hydrogens (tertiary/aromatic N) is 1. The van der Waals surface area contributed by atoms with Crippen LogP contribution < -0.4 is 5.32 Å². The Bertz CT molecular complexity index is 527. The molecule has 1 saturated heterocycles. The predicted octanol–water partition coefficient (Wildman–Crippen LogP) is 2.19. The van der Waals surface area contributed by atoms with Crippen LogP contribution >= 0.6 is 0 Å². The average molecular weight is 348 g/mol. The molecule has 5 heteroatoms. The van der Waals surface area contributed by atoms with Crippen LogP contribution in [0.2, 0.25) is 0 Å². The van der Waals surface area contributed by atoms with Crippen molar-refractivity contribution in [3.63, 3.8) is 0 Å². The topological polar surface area (TPSA) is 61.8 Å². The quantitative estimate of drug-likeness (QED) is 0.793. The lowest BCUT2D eigenvalue weighted by Crippen LogP contribution is -2.46. The highest BCUT2D eigenvalue weighted by molar-refractivity contribution is 5.76. The smallest absolute Gasteiger partial charge is 0.222 e. The number of rotatable bonds is 7. The Morgan fingerprint density at radius 1 is 1.36 bits per heavy atom. The number of amides is 1. The molecule has 140 valence electrons. The lowest BCUT2D eigenvalue weighted by molar-refractivity contribution is -0.127. The molecule has 2 atom stereocenters. The maximum Gasteiger partial charge on any atom is 0.222 e. The molecule has 2 unspecified atom stereocenters. The van der Waals surface area contributed by atoms with Crippen LogP contribution in [-0.4, -0.2) is 54.4 Å². The molecule has 0 saturated carbocycles. The van der Waals surface area contributed by atoms with E-state index in [-0.39, 0.29) is 30.1 Å². The van der Waals surface area contributed by atoms with Gasteiger partial charge in [-0.3, -0.25) is 9.69 Å². The summed E-state index contributed by atoms with van der Waals surface area (Å²) < 4.78 is 5.77. The summed E-state index contributed by atoms with van der Waals surface area (Å²) in [4.78, 5) is 14.6. The normalized spacial score (nSPS) is 20.2. The predicted molar refractivity (Wildman–Crippen MR) is 99.2 cm³/mol. The van der Waals surface area contributed by atoms with Gasteiger partial charge in [0.25, 0.3) is 0 Å². The fourth-order valence-electron chi connectivity index (χ4n) is 3.28. The number of carbonyl (C=O) groups is 1. The molecule has 1 aliphatic heterocycles. The number of benzene rings is 1. The number of aliphatic hydroxyl groups is 1. The first-order valence-corrected chi connectivity index (χ1v) is 9.14. The monoisotopic (exact) mass is 348 g/mol. The summed E-state index contributed by atoms with van der Waals surface area (Å²) in [6.45, 7) is 9.45. The molecular weight excluding hydrogens is 316 g/mol. The standard InChI is InChI=1S/C20H32N2O3/c1-20(2,3)12-17(15-23)21-19(24)11-18-14-22(9-10-25-18)13-16-7-5-4-6-8-16/h4-8,17-18,23H,9-15H2,1-3H3,(H,21,24). The summed E-state index contributed by atoms with van der Waals surface area (Å²) in [5, 5.41) is 12.4. The van der Waals surface area contributed by atoms with Crippen LogP contribution in [-0.2, 0) is 16.1 Å². The molecular formula is C20H32N2O3. The minimum atomic E-state index is -0.198. The molecule has 0 spiro atoms. The van der Waals surface area contributed by atoms with E-state index in [1.54, 1.807) is 0 Å². The second-order valence-corrected chi connectivity index (χ2v) is 8.13. The van der Waals surface area contributed by atoms with Crippen molar-refractivity contribution in [2.45, 2.75) is 52.3 Å². The highest BCUT2D eigenvalue weighted by atomic mass is 16.5. The van der Waals surface area contributed by atoms with Crippen molar-refractivity contribution < 1.29 is 14.6 Å². The van der Waals surface area contributed by atoms with E-state index >= 15 is 0 Å². The molecule has 5 nitrogen and oxygen atoms in total. The summed E-state index contributed by atoms with van der Waals surface area (Å²) in [5.74, 6) is -0.0464. The maximum atomic E-state index is 12.3. The summed E-state index contributed by atoms with van der Waals surface area (Å²) in [5.41, 5.74) is 1.34. The van der Waals surface area contributed by atoms with Gasteiger partial charge in [-0.15, -0.1) is 0 Å². The molecule has 0 radical (unpaired) electrons. The van der Waals surface area contributed by atoms with Gasteiger partial charge in [-0.25, -0.2) is 0 Å². The van der Waals surface area contributed by atoms with Crippen LogP contribution in [0.5, 0.6) is 0 Å². The van der Waals surface area contributed by atoms with E-state index < -0.39 is 0 Å². The summed E-state index contributed by atoms with van der Waals surface area (Å²) in [6.07, 6.45) is 0.999. The SMILES string of the molecule is CC(C)(C)CC(CO)NC(=O)CC1CN(Cc2ccccc2)CCO1. The average Bonchev–Trinajstić information content (AvgIpc) is 2.54. The van der Waals surface area contributed by atoms with E-state index in [0.717, 1.165) is 26.1 Å². The molecule has 0 aromatic heterocycles. The molecule has 1 aliphatic rings. The Hall–Kier alpha value is -1.43. The number of nitrogens with one attached hydrogen (secondary N) is 1. The zero-order chi connectivity index (χ0) is 18.3. The van der Waals surface area contributed by atoms with Gasteiger partial charge in [0.1, 0.15) is 0 Å². The number of hydrogen-bond donors (Lipinski definition) is 2. The molecule has 25 heavy (non-hydrogen) atoms. The second-order valence-electron chi connectivity index (χ2n) is 8.13. The number of morpholine rings is 1. The summed E-state index contributed by atoms with van der Waals surface area (Å²) >= 11 is 0. The fourth-order valence-corrected chi connectivity index (χ4v) is 3.28. The van der Waals surface area contributed by atoms with Crippen LogP contribution in [0.3, 0.4) is 0 Å². The fraction of sp³-hybridized carbons (Fsp3) is 0.650. The molecule has 1 fully saturated rings. The Morgan fingerprint density at radius 3 is 2.72 bits per heavy atom. The molecule has 1 amide bonds. The Balaban J connectivity index is 1.80. The molecule has 0 aliphatic carbocycles. The van der Waals surface area contributed by atoms with E-state index in [1.165, 1.54) is 5.56 Å². The van der Waals surface area contributed by atoms with Gasteiger partial charge in [0, 0.05) is 19.6 Å². The lowest BCUT2D eigenvalue weighted by atomic mass is 9.88. The van der Waals surface area contributed by atoms with E-state index in [9.17, 15) is 9.90 Å². The first-order chi connectivity index (χ1) is 11.9. The van der Waals surface area contributed by atoms with E-state index in [0.29, 0.717) is 13.0 Å². The third-order valence-electron chi connectivity index (χ3n) is 4.33. The van der Waals surface area contributed by atoms with Crippen molar-refractivity contribution in [2.75, 3.05) is 26.3 Å². The minimum absolute atomic E-state index is 0.0331. The summed E-state index contributed by atoms with van der Waals surface area (Å²) in [6, 6.07) is 10.2. The van der Waals surface area contributed by atoms with Gasteiger partial charge >= 0.3 is 0 Å². The van der Waals surface area contributed by atoms with Crippen molar-refractivity contribution in [2.24, 2.45) is 5.41 Å². The molecule has 2 rings (SSSR count). The number of ether oxygens (including phenoxy) is 1. The number of hydrogen-bond acceptors (Lipinski definition) is 4. The molecule has 1 aromatic carbocycles. The van der Waals surface area contributed by atoms with Gasteiger partial charge in [-0.1, -0.05) is 51.1 Å². The third-order valence-corrected chi connectivity index (χ3v) is 4.33. The molecule has 0 bridgehead atoms. The Morgan fingerprint density at radius 2 is 2.08 bits per heavy atom. The van der Waals surface area contributed by atoms with E-state index in [4.69, 9.17) is 4.74 Å². The first kappa shape index (κ1) is 19.9. The first-order valence-electron chi connectivity index (χ1n) is 9.14. The zero-order valence-electron chi connectivity index (χ0n) is 15.7. The minimum Gasteiger partial charge on any atom is -0.394 e. The molecule has 1 heterocycles. The molecule has 2 N–H and O–H groups in total. The van der Waals surface area contributed by atoms with Gasteiger partial charge in [-0.2, -0.15) is 0 Å². The maximum absolute atomic E-state index is 12.3. The van der Waals surface area contributed by atoms with Gasteiger partial charge < -0.3 is 15.2 Å². The van der Waals surface area contributed by atoms with Crippen LogP contribution in [0.15, 0.2) is 30.3 Å². The highest BCUT2D eigenvalue weighted by Gasteiger charge is 2.25. The van der Waals surface area contributed by atoms with Crippen LogP contribution in [0.1, 0.15) is 39.2 Å². The van der Waals surface area contributed by atoms with Gasteiger partial charge in [0.05, 0.1) is 31.8 Å². The Labute approximate surface area is 151 Å². The van der Waals surface area contributed by atoms with Crippen LogP contribution in [0, 0.1) is 5.41 Å². The summed E-state index contributed by atoms with van der Waals surface area (Å²) in [7, 11) is 0. The molecule has 1 aromatic rings. The number of aliphatic hydroxyl groups excluding tert-OH is 1. The third kappa shape index (κ3) is 7.55.